The fourth-order valence-corrected chi connectivity index (χ4v) is 1.94. The summed E-state index contributed by atoms with van der Waals surface area (Å²) in [5.74, 6) is -0.0713. The number of thiazole rings is 1. The monoisotopic (exact) mass is 262 g/mol. The standard InChI is InChI=1S/C13H14N2O2S/c16-12(15-13-14-7-9-18-13)6-8-17-10-11-4-2-1-3-5-11/h1-5,7,9H,6,8,10H2,(H,14,15,16). The Kier molecular flexibility index (Phi) is 4.87. The van der Waals surface area contributed by atoms with Gasteiger partial charge < -0.3 is 10.1 Å². The minimum absolute atomic E-state index is 0.0713. The summed E-state index contributed by atoms with van der Waals surface area (Å²) < 4.78 is 5.43. The normalized spacial score (nSPS) is 10.2. The van der Waals surface area contributed by atoms with Gasteiger partial charge in [-0.15, -0.1) is 11.3 Å². The van der Waals surface area contributed by atoms with E-state index < -0.39 is 0 Å². The quantitative estimate of drug-likeness (QED) is 0.814. The topological polar surface area (TPSA) is 51.2 Å². The Labute approximate surface area is 110 Å². The number of nitrogens with one attached hydrogen (secondary N) is 1. The molecule has 1 N–H and O–H groups in total. The molecule has 1 heterocycles. The van der Waals surface area contributed by atoms with Crippen LogP contribution in [-0.2, 0) is 16.1 Å². The molecule has 1 aromatic carbocycles. The molecular formula is C13H14N2O2S. The largest absolute Gasteiger partial charge is 0.376 e. The molecule has 0 bridgehead atoms. The number of anilines is 1. The highest BCUT2D eigenvalue weighted by Crippen LogP contribution is 2.10. The van der Waals surface area contributed by atoms with E-state index in [0.29, 0.717) is 24.8 Å². The first-order chi connectivity index (χ1) is 8.84. The molecule has 94 valence electrons. The van der Waals surface area contributed by atoms with Crippen LogP contribution >= 0.6 is 11.3 Å². The number of ether oxygens (including phenoxy) is 1. The predicted octanol–water partition coefficient (Wildman–Crippen LogP) is 2.69. The zero-order chi connectivity index (χ0) is 12.6. The Morgan fingerprint density at radius 1 is 1.33 bits per heavy atom. The number of aromatic nitrogens is 1. The third-order valence-corrected chi connectivity index (χ3v) is 2.95. The van der Waals surface area contributed by atoms with Gasteiger partial charge in [0.05, 0.1) is 19.6 Å². The van der Waals surface area contributed by atoms with Gasteiger partial charge in [0.15, 0.2) is 5.13 Å². The van der Waals surface area contributed by atoms with Gasteiger partial charge in [0.2, 0.25) is 5.91 Å². The number of hydrogen-bond donors (Lipinski definition) is 1. The van der Waals surface area contributed by atoms with Crippen LogP contribution in [0.15, 0.2) is 41.9 Å². The lowest BCUT2D eigenvalue weighted by Crippen LogP contribution is -2.13. The molecular weight excluding hydrogens is 248 g/mol. The minimum atomic E-state index is -0.0713. The van der Waals surface area contributed by atoms with Crippen LogP contribution in [0.25, 0.3) is 0 Å². The molecule has 4 nitrogen and oxygen atoms in total. The number of nitrogens with zero attached hydrogens (tertiary/aromatic N) is 1. The molecule has 2 rings (SSSR count). The molecule has 0 atom stereocenters. The Hall–Kier alpha value is -1.72. The number of hydrogen-bond acceptors (Lipinski definition) is 4. The third kappa shape index (κ3) is 4.27. The van der Waals surface area contributed by atoms with E-state index in [4.69, 9.17) is 4.74 Å². The van der Waals surface area contributed by atoms with Crippen LogP contribution in [0.4, 0.5) is 5.13 Å². The average Bonchev–Trinajstić information content (AvgIpc) is 2.89. The van der Waals surface area contributed by atoms with Crippen molar-refractivity contribution in [3.05, 3.63) is 47.5 Å². The second-order valence-corrected chi connectivity index (χ2v) is 4.57. The van der Waals surface area contributed by atoms with Gasteiger partial charge in [0.1, 0.15) is 0 Å². The van der Waals surface area contributed by atoms with Crippen LogP contribution in [-0.4, -0.2) is 17.5 Å². The summed E-state index contributed by atoms with van der Waals surface area (Å²) in [6.07, 6.45) is 2.00. The van der Waals surface area contributed by atoms with Gasteiger partial charge in [-0.1, -0.05) is 30.3 Å². The van der Waals surface area contributed by atoms with Gasteiger partial charge in [-0.05, 0) is 5.56 Å². The van der Waals surface area contributed by atoms with E-state index in [1.807, 2.05) is 35.7 Å². The van der Waals surface area contributed by atoms with Crippen LogP contribution in [0.5, 0.6) is 0 Å². The van der Waals surface area contributed by atoms with Crippen molar-refractivity contribution in [2.75, 3.05) is 11.9 Å². The molecule has 0 aliphatic carbocycles. The van der Waals surface area contributed by atoms with Crippen molar-refractivity contribution >= 4 is 22.4 Å². The van der Waals surface area contributed by atoms with Crippen LogP contribution in [0.2, 0.25) is 0 Å². The Morgan fingerprint density at radius 3 is 2.89 bits per heavy atom. The number of carbonyl (C=O) groups is 1. The van der Waals surface area contributed by atoms with Gasteiger partial charge >= 0.3 is 0 Å². The summed E-state index contributed by atoms with van der Waals surface area (Å²) in [5, 5.41) is 5.16. The van der Waals surface area contributed by atoms with Crippen molar-refractivity contribution in [2.45, 2.75) is 13.0 Å². The fraction of sp³-hybridized carbons (Fsp3) is 0.231. The molecule has 0 radical (unpaired) electrons. The lowest BCUT2D eigenvalue weighted by Gasteiger charge is -2.04. The second-order valence-electron chi connectivity index (χ2n) is 3.67. The minimum Gasteiger partial charge on any atom is -0.376 e. The maximum atomic E-state index is 11.5. The van der Waals surface area contributed by atoms with Crippen molar-refractivity contribution in [1.29, 1.82) is 0 Å². The summed E-state index contributed by atoms with van der Waals surface area (Å²) in [6.45, 7) is 0.942. The molecule has 1 aromatic heterocycles. The smallest absolute Gasteiger partial charge is 0.228 e. The summed E-state index contributed by atoms with van der Waals surface area (Å²) in [7, 11) is 0. The molecule has 1 amide bonds. The molecule has 0 saturated heterocycles. The fourth-order valence-electron chi connectivity index (χ4n) is 1.40. The number of carbonyl (C=O) groups excluding carboxylic acids is 1. The molecule has 5 heteroatoms. The molecule has 18 heavy (non-hydrogen) atoms. The van der Waals surface area contributed by atoms with Crippen molar-refractivity contribution < 1.29 is 9.53 Å². The summed E-state index contributed by atoms with van der Waals surface area (Å²) in [5.41, 5.74) is 1.11. The summed E-state index contributed by atoms with van der Waals surface area (Å²) in [6, 6.07) is 9.89. The van der Waals surface area contributed by atoms with E-state index in [0.717, 1.165) is 5.56 Å². The zero-order valence-electron chi connectivity index (χ0n) is 9.83. The van der Waals surface area contributed by atoms with Crippen molar-refractivity contribution in [1.82, 2.24) is 4.98 Å². The molecule has 2 aromatic rings. The predicted molar refractivity (Wildman–Crippen MR) is 71.5 cm³/mol. The maximum absolute atomic E-state index is 11.5. The van der Waals surface area contributed by atoms with Crippen LogP contribution < -0.4 is 5.32 Å². The van der Waals surface area contributed by atoms with Crippen LogP contribution in [0.3, 0.4) is 0 Å². The van der Waals surface area contributed by atoms with E-state index in [1.165, 1.54) is 11.3 Å². The lowest BCUT2D eigenvalue weighted by molar-refractivity contribution is -0.117. The van der Waals surface area contributed by atoms with Gasteiger partial charge in [-0.25, -0.2) is 4.98 Å². The SMILES string of the molecule is O=C(CCOCc1ccccc1)Nc1nccs1. The first-order valence-corrected chi connectivity index (χ1v) is 6.53. The van der Waals surface area contributed by atoms with Crippen molar-refractivity contribution in [2.24, 2.45) is 0 Å². The van der Waals surface area contributed by atoms with Crippen molar-refractivity contribution in [3.63, 3.8) is 0 Å². The van der Waals surface area contributed by atoms with E-state index in [9.17, 15) is 4.79 Å². The molecule has 0 spiro atoms. The highest BCUT2D eigenvalue weighted by Gasteiger charge is 2.03. The van der Waals surface area contributed by atoms with Crippen LogP contribution in [0, 0.1) is 0 Å². The zero-order valence-corrected chi connectivity index (χ0v) is 10.7. The van der Waals surface area contributed by atoms with Crippen LogP contribution in [0.1, 0.15) is 12.0 Å². The third-order valence-electron chi connectivity index (χ3n) is 2.26. The van der Waals surface area contributed by atoms with Crippen molar-refractivity contribution in [3.8, 4) is 0 Å². The number of rotatable bonds is 6. The molecule has 0 saturated carbocycles. The van der Waals surface area contributed by atoms with Gasteiger partial charge in [0, 0.05) is 11.6 Å². The molecule has 0 unspecified atom stereocenters. The Morgan fingerprint density at radius 2 is 2.17 bits per heavy atom. The molecule has 0 aliphatic rings. The summed E-state index contributed by atoms with van der Waals surface area (Å²) in [4.78, 5) is 15.5. The van der Waals surface area contributed by atoms with Gasteiger partial charge in [-0.3, -0.25) is 4.79 Å². The lowest BCUT2D eigenvalue weighted by atomic mass is 10.2. The van der Waals surface area contributed by atoms with E-state index in [1.54, 1.807) is 6.20 Å². The average molecular weight is 262 g/mol. The molecule has 0 fully saturated rings. The Balaban J connectivity index is 1.62. The number of benzene rings is 1. The Bertz CT molecular complexity index is 471. The molecule has 0 aliphatic heterocycles. The van der Waals surface area contributed by atoms with Gasteiger partial charge in [0.25, 0.3) is 0 Å². The highest BCUT2D eigenvalue weighted by atomic mass is 32.1. The van der Waals surface area contributed by atoms with E-state index in [2.05, 4.69) is 10.3 Å². The maximum Gasteiger partial charge on any atom is 0.228 e. The van der Waals surface area contributed by atoms with E-state index >= 15 is 0 Å². The second kappa shape index (κ2) is 6.88. The number of amides is 1. The first-order valence-electron chi connectivity index (χ1n) is 5.65. The van der Waals surface area contributed by atoms with Gasteiger partial charge in [-0.2, -0.15) is 0 Å². The van der Waals surface area contributed by atoms with E-state index in [-0.39, 0.29) is 5.91 Å². The highest BCUT2D eigenvalue weighted by molar-refractivity contribution is 7.13. The first kappa shape index (κ1) is 12.7. The summed E-state index contributed by atoms with van der Waals surface area (Å²) >= 11 is 1.40.